The maximum absolute atomic E-state index is 13.2. The van der Waals surface area contributed by atoms with Crippen molar-refractivity contribution in [3.63, 3.8) is 0 Å². The molecule has 0 atom stereocenters. The van der Waals surface area contributed by atoms with Crippen molar-refractivity contribution in [1.29, 1.82) is 0 Å². The number of aromatic nitrogens is 1. The van der Waals surface area contributed by atoms with Crippen LogP contribution in [0.5, 0.6) is 11.5 Å². The van der Waals surface area contributed by atoms with Crippen LogP contribution in [-0.2, 0) is 6.61 Å². The summed E-state index contributed by atoms with van der Waals surface area (Å²) in [6.45, 7) is 4.45. The zero-order valence-electron chi connectivity index (χ0n) is 21.9. The minimum absolute atomic E-state index is 0.0924. The molecule has 0 saturated heterocycles. The van der Waals surface area contributed by atoms with Gasteiger partial charge in [-0.2, -0.15) is 5.10 Å². The molecule has 194 valence electrons. The predicted octanol–water partition coefficient (Wildman–Crippen LogP) is 7.03. The van der Waals surface area contributed by atoms with Crippen LogP contribution in [0.3, 0.4) is 0 Å². The van der Waals surface area contributed by atoms with Gasteiger partial charge in [-0.15, -0.1) is 0 Å². The molecule has 0 fully saturated rings. The van der Waals surface area contributed by atoms with Crippen LogP contribution < -0.4 is 14.9 Å². The van der Waals surface area contributed by atoms with Gasteiger partial charge < -0.3 is 9.47 Å². The van der Waals surface area contributed by atoms with E-state index < -0.39 is 0 Å². The average Bonchev–Trinajstić information content (AvgIpc) is 2.96. The number of hydrogen-bond acceptors (Lipinski definition) is 5. The fourth-order valence-corrected chi connectivity index (χ4v) is 4.14. The third kappa shape index (κ3) is 6.67. The van der Waals surface area contributed by atoms with Gasteiger partial charge in [-0.1, -0.05) is 60.7 Å². The smallest absolute Gasteiger partial charge is 0.272 e. The van der Waals surface area contributed by atoms with Crippen molar-refractivity contribution in [2.45, 2.75) is 26.6 Å². The summed E-state index contributed by atoms with van der Waals surface area (Å²) in [5.74, 6) is 1.20. The number of ether oxygens (including phenoxy) is 2. The van der Waals surface area contributed by atoms with Crippen molar-refractivity contribution in [3.05, 3.63) is 126 Å². The third-order valence-electron chi connectivity index (χ3n) is 5.97. The van der Waals surface area contributed by atoms with E-state index in [1.807, 2.05) is 117 Å². The van der Waals surface area contributed by atoms with E-state index >= 15 is 0 Å². The van der Waals surface area contributed by atoms with Gasteiger partial charge in [0.15, 0.2) is 0 Å². The molecule has 6 nitrogen and oxygen atoms in total. The van der Waals surface area contributed by atoms with Crippen LogP contribution >= 0.6 is 0 Å². The molecule has 0 unspecified atom stereocenters. The Hall–Kier alpha value is -4.97. The molecule has 0 aliphatic heterocycles. The molecule has 1 amide bonds. The molecular weight excluding hydrogens is 486 g/mol. The molecule has 1 aromatic heterocycles. The first-order valence-corrected chi connectivity index (χ1v) is 12.8. The number of benzene rings is 4. The molecule has 4 aromatic carbocycles. The van der Waals surface area contributed by atoms with E-state index in [4.69, 9.17) is 14.5 Å². The molecule has 1 heterocycles. The molecule has 0 aliphatic carbocycles. The van der Waals surface area contributed by atoms with Crippen LogP contribution in [-0.4, -0.2) is 23.2 Å². The first-order valence-electron chi connectivity index (χ1n) is 12.8. The summed E-state index contributed by atoms with van der Waals surface area (Å²) < 4.78 is 11.6. The van der Waals surface area contributed by atoms with Gasteiger partial charge in [0.25, 0.3) is 5.91 Å². The Balaban J connectivity index is 1.32. The maximum atomic E-state index is 13.2. The lowest BCUT2D eigenvalue weighted by Gasteiger charge is -2.11. The first-order chi connectivity index (χ1) is 19.0. The number of rotatable bonds is 9. The summed E-state index contributed by atoms with van der Waals surface area (Å²) in [7, 11) is 0. The van der Waals surface area contributed by atoms with Crippen molar-refractivity contribution >= 4 is 23.0 Å². The van der Waals surface area contributed by atoms with E-state index in [1.54, 1.807) is 12.3 Å². The van der Waals surface area contributed by atoms with E-state index in [-0.39, 0.29) is 12.0 Å². The Morgan fingerprint density at radius 2 is 1.64 bits per heavy atom. The fraction of sp³-hybridized carbons (Fsp3) is 0.121. The second kappa shape index (κ2) is 12.0. The zero-order valence-corrected chi connectivity index (χ0v) is 21.9. The molecule has 0 bridgehead atoms. The van der Waals surface area contributed by atoms with Gasteiger partial charge in [-0.25, -0.2) is 10.4 Å². The summed E-state index contributed by atoms with van der Waals surface area (Å²) in [5.41, 5.74) is 7.38. The number of nitrogens with one attached hydrogen (secondary N) is 1. The van der Waals surface area contributed by atoms with Crippen molar-refractivity contribution in [3.8, 4) is 22.8 Å². The van der Waals surface area contributed by atoms with Crippen LogP contribution in [0.15, 0.2) is 114 Å². The third-order valence-corrected chi connectivity index (χ3v) is 5.97. The monoisotopic (exact) mass is 515 g/mol. The highest BCUT2D eigenvalue weighted by molar-refractivity contribution is 6.07. The average molecular weight is 516 g/mol. The molecule has 6 heteroatoms. The standard InChI is InChI=1S/C33H29N3O3/c1-23(2)39-27-17-15-26(16-18-27)32-20-30(29-13-6-7-14-31(29)35-32)33(37)36-34-21-25-11-8-12-28(19-25)38-22-24-9-4-3-5-10-24/h3-21,23H,22H2,1-2H3,(H,36,37)/b34-21+. The van der Waals surface area contributed by atoms with Gasteiger partial charge >= 0.3 is 0 Å². The lowest BCUT2D eigenvalue weighted by Crippen LogP contribution is -2.18. The number of pyridine rings is 1. The van der Waals surface area contributed by atoms with Crippen molar-refractivity contribution < 1.29 is 14.3 Å². The van der Waals surface area contributed by atoms with Gasteiger partial charge in [-0.3, -0.25) is 4.79 Å². The highest BCUT2D eigenvalue weighted by Gasteiger charge is 2.14. The molecule has 1 N–H and O–H groups in total. The quantitative estimate of drug-likeness (QED) is 0.169. The van der Waals surface area contributed by atoms with E-state index in [9.17, 15) is 4.79 Å². The topological polar surface area (TPSA) is 72.8 Å². The summed E-state index contributed by atoms with van der Waals surface area (Å²) in [5, 5.41) is 4.96. The highest BCUT2D eigenvalue weighted by atomic mass is 16.5. The summed E-state index contributed by atoms with van der Waals surface area (Å²) >= 11 is 0. The van der Waals surface area contributed by atoms with Gasteiger partial charge in [0.2, 0.25) is 0 Å². The van der Waals surface area contributed by atoms with E-state index in [0.717, 1.165) is 39.1 Å². The number of fused-ring (bicyclic) bond motifs is 1. The Bertz CT molecular complexity index is 1600. The SMILES string of the molecule is CC(C)Oc1ccc(-c2cc(C(=O)N/N=C/c3cccc(OCc4ccccc4)c3)c3ccccc3n2)cc1. The van der Waals surface area contributed by atoms with Gasteiger partial charge in [0, 0.05) is 10.9 Å². The number of para-hydroxylation sites is 1. The summed E-state index contributed by atoms with van der Waals surface area (Å²) in [6, 6.07) is 34.6. The second-order valence-corrected chi connectivity index (χ2v) is 9.31. The number of hydrazone groups is 1. The minimum atomic E-state index is -0.317. The molecule has 39 heavy (non-hydrogen) atoms. The largest absolute Gasteiger partial charge is 0.491 e. The number of amides is 1. The van der Waals surface area contributed by atoms with Crippen LogP contribution in [0.1, 0.15) is 35.3 Å². The van der Waals surface area contributed by atoms with Gasteiger partial charge in [0.05, 0.1) is 29.1 Å². The predicted molar refractivity (Wildman–Crippen MR) is 155 cm³/mol. The van der Waals surface area contributed by atoms with E-state index in [1.165, 1.54) is 0 Å². The number of carbonyl (C=O) groups excluding carboxylic acids is 1. The van der Waals surface area contributed by atoms with E-state index in [2.05, 4.69) is 10.5 Å². The van der Waals surface area contributed by atoms with Crippen LogP contribution in [0.25, 0.3) is 22.2 Å². The Labute approximate surface area is 227 Å². The normalized spacial score (nSPS) is 11.2. The van der Waals surface area contributed by atoms with Crippen molar-refractivity contribution in [2.75, 3.05) is 0 Å². The number of nitrogens with zero attached hydrogens (tertiary/aromatic N) is 2. The summed E-state index contributed by atoms with van der Waals surface area (Å²) in [6.07, 6.45) is 1.69. The van der Waals surface area contributed by atoms with Crippen molar-refractivity contribution in [1.82, 2.24) is 10.4 Å². The second-order valence-electron chi connectivity index (χ2n) is 9.31. The molecular formula is C33H29N3O3. The molecule has 5 rings (SSSR count). The van der Waals surface area contributed by atoms with Crippen LogP contribution in [0.4, 0.5) is 0 Å². The molecule has 0 radical (unpaired) electrons. The first kappa shape index (κ1) is 25.7. The van der Waals surface area contributed by atoms with Gasteiger partial charge in [0.1, 0.15) is 18.1 Å². The highest BCUT2D eigenvalue weighted by Crippen LogP contribution is 2.27. The number of carbonyl (C=O) groups is 1. The lowest BCUT2D eigenvalue weighted by atomic mass is 10.0. The van der Waals surface area contributed by atoms with Crippen LogP contribution in [0, 0.1) is 0 Å². The molecule has 5 aromatic rings. The Morgan fingerprint density at radius 3 is 2.44 bits per heavy atom. The van der Waals surface area contributed by atoms with Gasteiger partial charge in [-0.05, 0) is 73.5 Å². The molecule has 0 spiro atoms. The molecule has 0 saturated carbocycles. The van der Waals surface area contributed by atoms with Crippen LogP contribution in [0.2, 0.25) is 0 Å². The van der Waals surface area contributed by atoms with Crippen molar-refractivity contribution in [2.24, 2.45) is 5.10 Å². The fourth-order valence-electron chi connectivity index (χ4n) is 4.14. The maximum Gasteiger partial charge on any atom is 0.272 e. The number of hydrogen-bond donors (Lipinski definition) is 1. The Kier molecular flexibility index (Phi) is 7.93. The zero-order chi connectivity index (χ0) is 27.0. The Morgan fingerprint density at radius 1 is 0.872 bits per heavy atom. The minimum Gasteiger partial charge on any atom is -0.491 e. The summed E-state index contributed by atoms with van der Waals surface area (Å²) in [4.78, 5) is 18.0. The van der Waals surface area contributed by atoms with E-state index in [0.29, 0.717) is 17.9 Å². The molecule has 0 aliphatic rings. The lowest BCUT2D eigenvalue weighted by molar-refractivity contribution is 0.0956.